The molecule has 0 aliphatic carbocycles. The average molecular weight is 415 g/mol. The van der Waals surface area contributed by atoms with Gasteiger partial charge in [0.25, 0.3) is 5.91 Å². The van der Waals surface area contributed by atoms with E-state index < -0.39 is 9.84 Å². The number of amides is 1. The molecule has 0 unspecified atom stereocenters. The SMILES string of the molecule is Cc1cccc(CC(=O)N=C2S[C@H]3CS(=O)(=O)C[C@H]3N2c2ccccc2C)c1. The number of thioether (sulfide) groups is 1. The molecule has 2 atom stereocenters. The Hall–Kier alpha value is -2.12. The molecule has 4 rings (SSSR count). The highest BCUT2D eigenvalue weighted by molar-refractivity contribution is 8.16. The predicted molar refractivity (Wildman–Crippen MR) is 115 cm³/mol. The van der Waals surface area contributed by atoms with Crippen molar-refractivity contribution < 1.29 is 13.2 Å². The van der Waals surface area contributed by atoms with Crippen LogP contribution >= 0.6 is 11.8 Å². The maximum atomic E-state index is 12.6. The lowest BCUT2D eigenvalue weighted by atomic mass is 10.1. The molecular formula is C21H22N2O3S2. The van der Waals surface area contributed by atoms with Gasteiger partial charge in [-0.05, 0) is 31.0 Å². The normalized spacial score (nSPS) is 24.5. The zero-order valence-electron chi connectivity index (χ0n) is 15.8. The molecule has 146 valence electrons. The molecule has 0 N–H and O–H groups in total. The van der Waals surface area contributed by atoms with E-state index in [0.29, 0.717) is 5.17 Å². The summed E-state index contributed by atoms with van der Waals surface area (Å²) in [4.78, 5) is 19.0. The van der Waals surface area contributed by atoms with Gasteiger partial charge in [-0.2, -0.15) is 4.99 Å². The lowest BCUT2D eigenvalue weighted by Gasteiger charge is -2.26. The van der Waals surface area contributed by atoms with E-state index in [-0.39, 0.29) is 35.1 Å². The summed E-state index contributed by atoms with van der Waals surface area (Å²) < 4.78 is 24.3. The minimum atomic E-state index is -3.07. The number of fused-ring (bicyclic) bond motifs is 1. The number of hydrogen-bond donors (Lipinski definition) is 0. The van der Waals surface area contributed by atoms with E-state index in [1.165, 1.54) is 11.8 Å². The van der Waals surface area contributed by atoms with Gasteiger partial charge in [-0.15, -0.1) is 0 Å². The number of amidine groups is 1. The van der Waals surface area contributed by atoms with Gasteiger partial charge >= 0.3 is 0 Å². The van der Waals surface area contributed by atoms with E-state index >= 15 is 0 Å². The monoisotopic (exact) mass is 414 g/mol. The number of carbonyl (C=O) groups excluding carboxylic acids is 1. The summed E-state index contributed by atoms with van der Waals surface area (Å²) in [5.74, 6) is 0.0226. The molecule has 5 nitrogen and oxygen atoms in total. The first-order valence-electron chi connectivity index (χ1n) is 9.21. The van der Waals surface area contributed by atoms with Crippen LogP contribution in [0.3, 0.4) is 0 Å². The highest BCUT2D eigenvalue weighted by atomic mass is 32.2. The summed E-state index contributed by atoms with van der Waals surface area (Å²) in [6, 6.07) is 15.5. The van der Waals surface area contributed by atoms with Gasteiger partial charge in [0.15, 0.2) is 15.0 Å². The zero-order valence-corrected chi connectivity index (χ0v) is 17.5. The van der Waals surface area contributed by atoms with Crippen molar-refractivity contribution in [3.63, 3.8) is 0 Å². The minimum Gasteiger partial charge on any atom is -0.315 e. The van der Waals surface area contributed by atoms with Crippen molar-refractivity contribution in [1.82, 2.24) is 0 Å². The van der Waals surface area contributed by atoms with Crippen molar-refractivity contribution in [1.29, 1.82) is 0 Å². The van der Waals surface area contributed by atoms with E-state index in [1.807, 2.05) is 67.3 Å². The first kappa shape index (κ1) is 19.2. The summed E-state index contributed by atoms with van der Waals surface area (Å²) >= 11 is 1.41. The van der Waals surface area contributed by atoms with Crippen molar-refractivity contribution in [3.8, 4) is 0 Å². The van der Waals surface area contributed by atoms with Gasteiger partial charge in [-0.3, -0.25) is 4.79 Å². The van der Waals surface area contributed by atoms with E-state index in [4.69, 9.17) is 0 Å². The van der Waals surface area contributed by atoms with E-state index in [9.17, 15) is 13.2 Å². The van der Waals surface area contributed by atoms with Crippen molar-refractivity contribution >= 4 is 38.4 Å². The maximum absolute atomic E-state index is 12.6. The smallest absolute Gasteiger partial charge is 0.252 e. The van der Waals surface area contributed by atoms with Gasteiger partial charge in [0.05, 0.1) is 24.0 Å². The molecule has 28 heavy (non-hydrogen) atoms. The van der Waals surface area contributed by atoms with E-state index in [1.54, 1.807) is 0 Å². The first-order chi connectivity index (χ1) is 13.3. The van der Waals surface area contributed by atoms with Gasteiger partial charge in [0.1, 0.15) is 0 Å². The minimum absolute atomic E-state index is 0.0878. The lowest BCUT2D eigenvalue weighted by molar-refractivity contribution is -0.117. The number of rotatable bonds is 3. The summed E-state index contributed by atoms with van der Waals surface area (Å²) in [5.41, 5.74) is 3.99. The zero-order chi connectivity index (χ0) is 19.9. The molecule has 0 radical (unpaired) electrons. The number of para-hydroxylation sites is 1. The number of carbonyl (C=O) groups is 1. The topological polar surface area (TPSA) is 66.8 Å². The molecule has 0 bridgehead atoms. The molecule has 2 aliphatic rings. The van der Waals surface area contributed by atoms with E-state index in [2.05, 4.69) is 4.99 Å². The quantitative estimate of drug-likeness (QED) is 0.772. The van der Waals surface area contributed by atoms with Crippen LogP contribution in [0.2, 0.25) is 0 Å². The molecule has 0 aromatic heterocycles. The second-order valence-corrected chi connectivity index (χ2v) is 10.8. The van der Waals surface area contributed by atoms with Crippen molar-refractivity contribution in [3.05, 3.63) is 65.2 Å². The molecule has 2 heterocycles. The predicted octanol–water partition coefficient (Wildman–Crippen LogP) is 3.15. The Morgan fingerprint density at radius 3 is 2.68 bits per heavy atom. The van der Waals surface area contributed by atoms with Crippen LogP contribution in [-0.4, -0.2) is 42.3 Å². The third-order valence-corrected chi connectivity index (χ3v) is 8.31. The largest absolute Gasteiger partial charge is 0.315 e. The second kappa shape index (κ2) is 7.37. The van der Waals surface area contributed by atoms with Crippen LogP contribution in [0, 0.1) is 13.8 Å². The molecule has 0 spiro atoms. The maximum Gasteiger partial charge on any atom is 0.252 e. The molecule has 2 aromatic rings. The van der Waals surface area contributed by atoms with Gasteiger partial charge < -0.3 is 4.90 Å². The summed E-state index contributed by atoms with van der Waals surface area (Å²) in [6.07, 6.45) is 0.237. The second-order valence-electron chi connectivity index (χ2n) is 7.41. The molecule has 2 aliphatic heterocycles. The van der Waals surface area contributed by atoms with Crippen molar-refractivity contribution in [2.45, 2.75) is 31.6 Å². The van der Waals surface area contributed by atoms with Gasteiger partial charge in [-0.1, -0.05) is 59.8 Å². The van der Waals surface area contributed by atoms with Crippen LogP contribution in [0.25, 0.3) is 0 Å². The highest BCUT2D eigenvalue weighted by Gasteiger charge is 2.49. The number of aryl methyl sites for hydroxylation is 2. The van der Waals surface area contributed by atoms with Crippen LogP contribution in [0.15, 0.2) is 53.5 Å². The molecule has 2 aromatic carbocycles. The van der Waals surface area contributed by atoms with Crippen LogP contribution in [0.1, 0.15) is 16.7 Å². The summed E-state index contributed by atoms with van der Waals surface area (Å²) in [6.45, 7) is 3.98. The molecule has 2 fully saturated rings. The summed E-state index contributed by atoms with van der Waals surface area (Å²) in [7, 11) is -3.07. The fourth-order valence-corrected chi connectivity index (χ4v) is 7.75. The lowest BCUT2D eigenvalue weighted by Crippen LogP contribution is -2.38. The Morgan fingerprint density at radius 1 is 1.14 bits per heavy atom. The number of aliphatic imine (C=N–C) groups is 1. The van der Waals surface area contributed by atoms with Crippen LogP contribution in [0.5, 0.6) is 0 Å². The fraction of sp³-hybridized carbons (Fsp3) is 0.333. The van der Waals surface area contributed by atoms with Crippen LogP contribution in [0.4, 0.5) is 5.69 Å². The number of nitrogens with zero attached hydrogens (tertiary/aromatic N) is 2. The Kier molecular flexibility index (Phi) is 5.05. The molecule has 1 amide bonds. The Labute approximate surface area is 169 Å². The molecule has 7 heteroatoms. The van der Waals surface area contributed by atoms with Crippen LogP contribution in [-0.2, 0) is 21.1 Å². The number of hydrogen-bond acceptors (Lipinski definition) is 4. The number of benzene rings is 2. The Morgan fingerprint density at radius 2 is 1.93 bits per heavy atom. The molecule has 0 saturated carbocycles. The first-order valence-corrected chi connectivity index (χ1v) is 11.9. The van der Waals surface area contributed by atoms with Crippen LogP contribution < -0.4 is 4.90 Å². The van der Waals surface area contributed by atoms with Gasteiger partial charge in [0.2, 0.25) is 0 Å². The number of anilines is 1. The number of sulfone groups is 1. The van der Waals surface area contributed by atoms with Crippen molar-refractivity contribution in [2.75, 3.05) is 16.4 Å². The van der Waals surface area contributed by atoms with Gasteiger partial charge in [0, 0.05) is 10.9 Å². The highest BCUT2D eigenvalue weighted by Crippen LogP contribution is 2.41. The fourth-order valence-electron chi connectivity index (χ4n) is 3.82. The van der Waals surface area contributed by atoms with Gasteiger partial charge in [-0.25, -0.2) is 8.42 Å². The average Bonchev–Trinajstić information content (AvgIpc) is 3.06. The van der Waals surface area contributed by atoms with E-state index in [0.717, 1.165) is 22.4 Å². The third-order valence-electron chi connectivity index (χ3n) is 5.10. The summed E-state index contributed by atoms with van der Waals surface area (Å²) in [5, 5.41) is 0.520. The standard InChI is InChI=1S/C21H22N2O3S2/c1-14-6-5-8-16(10-14)11-20(24)22-21-23(17-9-4-3-7-15(17)2)18-12-28(25,26)13-19(18)27-21/h3-10,18-19H,11-13H2,1-2H3/t18-,19+/m1/s1. The molecule has 2 saturated heterocycles. The Balaban J connectivity index is 1.66. The Bertz CT molecular complexity index is 1060. The molecular weight excluding hydrogens is 392 g/mol. The third kappa shape index (κ3) is 3.86. The van der Waals surface area contributed by atoms with Crippen molar-refractivity contribution in [2.24, 2.45) is 4.99 Å².